The summed E-state index contributed by atoms with van der Waals surface area (Å²) in [7, 11) is 0. The Hall–Kier alpha value is -1.72. The molecule has 1 aromatic carbocycles. The molecule has 100 valence electrons. The van der Waals surface area contributed by atoms with Gasteiger partial charge in [-0.3, -0.25) is 4.79 Å². The van der Waals surface area contributed by atoms with Crippen LogP contribution >= 0.6 is 11.3 Å². The summed E-state index contributed by atoms with van der Waals surface area (Å²) in [5.74, 6) is 0.0155. The van der Waals surface area contributed by atoms with Gasteiger partial charge in [-0.25, -0.2) is 4.98 Å². The molecular weight excluding hydrogens is 258 g/mol. The molecule has 0 saturated carbocycles. The van der Waals surface area contributed by atoms with Crippen molar-refractivity contribution >= 4 is 17.2 Å². The summed E-state index contributed by atoms with van der Waals surface area (Å²) < 4.78 is 0. The van der Waals surface area contributed by atoms with E-state index in [1.165, 1.54) is 0 Å². The predicted molar refractivity (Wildman–Crippen MR) is 77.2 cm³/mol. The van der Waals surface area contributed by atoms with Gasteiger partial charge in [0.1, 0.15) is 0 Å². The third-order valence-corrected chi connectivity index (χ3v) is 3.90. The predicted octanol–water partition coefficient (Wildman–Crippen LogP) is 2.14. The van der Waals surface area contributed by atoms with Crippen LogP contribution in [-0.4, -0.2) is 17.4 Å². The molecule has 2 aromatic rings. The molecule has 1 unspecified atom stereocenters. The van der Waals surface area contributed by atoms with Crippen LogP contribution in [0.1, 0.15) is 33.8 Å². The zero-order valence-corrected chi connectivity index (χ0v) is 11.6. The van der Waals surface area contributed by atoms with Crippen molar-refractivity contribution in [2.45, 2.75) is 19.4 Å². The van der Waals surface area contributed by atoms with E-state index >= 15 is 0 Å². The normalized spacial score (nSPS) is 12.3. The van der Waals surface area contributed by atoms with Crippen LogP contribution in [-0.2, 0) is 6.54 Å². The summed E-state index contributed by atoms with van der Waals surface area (Å²) in [6.45, 7) is 3.81. The summed E-state index contributed by atoms with van der Waals surface area (Å²) in [5, 5.41) is 6.53. The molecule has 5 heteroatoms. The number of benzene rings is 1. The number of primary amides is 1. The van der Waals surface area contributed by atoms with Crippen LogP contribution in [0.5, 0.6) is 0 Å². The van der Waals surface area contributed by atoms with Crippen LogP contribution in [0.25, 0.3) is 0 Å². The second kappa shape index (κ2) is 6.45. The quantitative estimate of drug-likeness (QED) is 0.848. The molecule has 19 heavy (non-hydrogen) atoms. The van der Waals surface area contributed by atoms with Gasteiger partial charge in [-0.2, -0.15) is 0 Å². The van der Waals surface area contributed by atoms with Crippen LogP contribution in [0.15, 0.2) is 35.8 Å². The lowest BCUT2D eigenvalue weighted by atomic mass is 10.1. The zero-order chi connectivity index (χ0) is 13.7. The Balaban J connectivity index is 1.81. The maximum atomic E-state index is 10.9. The highest BCUT2D eigenvalue weighted by Gasteiger charge is 2.07. The smallest absolute Gasteiger partial charge is 0.248 e. The Morgan fingerprint density at radius 2 is 2.16 bits per heavy atom. The average Bonchev–Trinajstić information content (AvgIpc) is 2.93. The Morgan fingerprint density at radius 1 is 1.42 bits per heavy atom. The van der Waals surface area contributed by atoms with Crippen LogP contribution < -0.4 is 11.1 Å². The monoisotopic (exact) mass is 275 g/mol. The van der Waals surface area contributed by atoms with Crippen LogP contribution in [0.3, 0.4) is 0 Å². The topological polar surface area (TPSA) is 68.0 Å². The van der Waals surface area contributed by atoms with E-state index < -0.39 is 5.91 Å². The molecule has 0 bridgehead atoms. The highest BCUT2D eigenvalue weighted by Crippen LogP contribution is 2.16. The lowest BCUT2D eigenvalue weighted by Crippen LogP contribution is -2.19. The highest BCUT2D eigenvalue weighted by molar-refractivity contribution is 7.09. The molecule has 0 aliphatic carbocycles. The molecule has 1 amide bonds. The molecule has 2 rings (SSSR count). The van der Waals surface area contributed by atoms with Gasteiger partial charge in [0.25, 0.3) is 0 Å². The molecule has 0 aliphatic rings. The molecule has 0 spiro atoms. The third-order valence-electron chi connectivity index (χ3n) is 2.89. The standard InChI is InChI=1S/C14H17N3OS/c1-10(14-17-6-7-19-14)8-16-9-11-2-4-12(5-3-11)13(15)18/h2-7,10,16H,8-9H2,1H3,(H2,15,18). The highest BCUT2D eigenvalue weighted by atomic mass is 32.1. The largest absolute Gasteiger partial charge is 0.366 e. The summed E-state index contributed by atoms with van der Waals surface area (Å²) in [6, 6.07) is 7.34. The van der Waals surface area contributed by atoms with Crippen molar-refractivity contribution in [3.63, 3.8) is 0 Å². The maximum absolute atomic E-state index is 10.9. The van der Waals surface area contributed by atoms with Gasteiger partial charge in [0, 0.05) is 36.1 Å². The van der Waals surface area contributed by atoms with Gasteiger partial charge in [0.05, 0.1) is 5.01 Å². The third kappa shape index (κ3) is 3.87. The number of carbonyl (C=O) groups excluding carboxylic acids is 1. The first-order chi connectivity index (χ1) is 9.16. The average molecular weight is 275 g/mol. The molecule has 0 fully saturated rings. The first-order valence-electron chi connectivity index (χ1n) is 6.15. The Kier molecular flexibility index (Phi) is 4.65. The van der Waals surface area contributed by atoms with Crippen molar-refractivity contribution in [1.82, 2.24) is 10.3 Å². The summed E-state index contributed by atoms with van der Waals surface area (Å²) >= 11 is 1.68. The Labute approximate surface area is 116 Å². The number of aromatic nitrogens is 1. The van der Waals surface area contributed by atoms with Crippen molar-refractivity contribution in [2.24, 2.45) is 5.73 Å². The van der Waals surface area contributed by atoms with E-state index in [0.29, 0.717) is 11.5 Å². The molecule has 0 radical (unpaired) electrons. The minimum Gasteiger partial charge on any atom is -0.366 e. The fourth-order valence-corrected chi connectivity index (χ4v) is 2.48. The maximum Gasteiger partial charge on any atom is 0.248 e. The molecule has 3 N–H and O–H groups in total. The number of nitrogens with zero attached hydrogens (tertiary/aromatic N) is 1. The fourth-order valence-electron chi connectivity index (χ4n) is 1.79. The van der Waals surface area contributed by atoms with Gasteiger partial charge in [-0.1, -0.05) is 19.1 Å². The zero-order valence-electron chi connectivity index (χ0n) is 10.8. The number of nitrogens with two attached hydrogens (primary N) is 1. The van der Waals surface area contributed by atoms with E-state index in [2.05, 4.69) is 17.2 Å². The minimum atomic E-state index is -0.392. The molecular formula is C14H17N3OS. The molecule has 0 saturated heterocycles. The Morgan fingerprint density at radius 3 is 2.74 bits per heavy atom. The van der Waals surface area contributed by atoms with Crippen molar-refractivity contribution in [3.05, 3.63) is 52.0 Å². The van der Waals surface area contributed by atoms with Crippen molar-refractivity contribution in [2.75, 3.05) is 6.54 Å². The van der Waals surface area contributed by atoms with Crippen LogP contribution in [0.2, 0.25) is 0 Å². The molecule has 0 aliphatic heterocycles. The van der Waals surface area contributed by atoms with Gasteiger partial charge in [0.2, 0.25) is 5.91 Å². The van der Waals surface area contributed by atoms with Crippen LogP contribution in [0, 0.1) is 0 Å². The SMILES string of the molecule is CC(CNCc1ccc(C(N)=O)cc1)c1nccs1. The second-order valence-corrected chi connectivity index (χ2v) is 5.39. The van der Waals surface area contributed by atoms with E-state index in [0.717, 1.165) is 23.7 Å². The van der Waals surface area contributed by atoms with Gasteiger partial charge >= 0.3 is 0 Å². The number of nitrogens with one attached hydrogen (secondary N) is 1. The molecule has 1 heterocycles. The molecule has 4 nitrogen and oxygen atoms in total. The number of hydrogen-bond acceptors (Lipinski definition) is 4. The van der Waals surface area contributed by atoms with Gasteiger partial charge in [-0.05, 0) is 17.7 Å². The number of hydrogen-bond donors (Lipinski definition) is 2. The molecule has 1 atom stereocenters. The van der Waals surface area contributed by atoms with Crippen LogP contribution in [0.4, 0.5) is 0 Å². The van der Waals surface area contributed by atoms with Crippen molar-refractivity contribution < 1.29 is 4.79 Å². The number of rotatable bonds is 6. The summed E-state index contributed by atoms with van der Waals surface area (Å²) in [4.78, 5) is 15.2. The first-order valence-corrected chi connectivity index (χ1v) is 7.03. The lowest BCUT2D eigenvalue weighted by molar-refractivity contribution is 0.100. The van der Waals surface area contributed by atoms with E-state index in [1.54, 1.807) is 23.5 Å². The van der Waals surface area contributed by atoms with E-state index in [9.17, 15) is 4.79 Å². The van der Waals surface area contributed by atoms with E-state index in [1.807, 2.05) is 23.7 Å². The van der Waals surface area contributed by atoms with Gasteiger partial charge in [-0.15, -0.1) is 11.3 Å². The lowest BCUT2D eigenvalue weighted by Gasteiger charge is -2.10. The van der Waals surface area contributed by atoms with E-state index in [4.69, 9.17) is 5.73 Å². The fraction of sp³-hybridized carbons (Fsp3) is 0.286. The first kappa shape index (κ1) is 13.7. The number of amides is 1. The van der Waals surface area contributed by atoms with Gasteiger partial charge < -0.3 is 11.1 Å². The number of carbonyl (C=O) groups is 1. The molecule has 1 aromatic heterocycles. The van der Waals surface area contributed by atoms with Crippen molar-refractivity contribution in [1.29, 1.82) is 0 Å². The van der Waals surface area contributed by atoms with Gasteiger partial charge in [0.15, 0.2) is 0 Å². The summed E-state index contributed by atoms with van der Waals surface area (Å²) in [5.41, 5.74) is 6.87. The number of thiazole rings is 1. The second-order valence-electron chi connectivity index (χ2n) is 4.46. The summed E-state index contributed by atoms with van der Waals surface area (Å²) in [6.07, 6.45) is 1.83. The Bertz CT molecular complexity index is 522. The van der Waals surface area contributed by atoms with E-state index in [-0.39, 0.29) is 0 Å². The van der Waals surface area contributed by atoms with Crippen molar-refractivity contribution in [3.8, 4) is 0 Å². The minimum absolute atomic E-state index is 0.392.